The summed E-state index contributed by atoms with van der Waals surface area (Å²) in [5.74, 6) is -39.3. The summed E-state index contributed by atoms with van der Waals surface area (Å²) >= 11 is 0. The predicted octanol–water partition coefficient (Wildman–Crippen LogP) is 10.3. The number of fused-ring (bicyclic) bond motifs is 2. The highest BCUT2D eigenvalue weighted by molar-refractivity contribution is 6.22. The topological polar surface area (TPSA) is 0 Å². The average molecular weight is 650 g/mol. The van der Waals surface area contributed by atoms with Gasteiger partial charge in [-0.1, -0.05) is 6.07 Å². The number of halogens is 17. The molecule has 0 unspecified atom stereocenters. The van der Waals surface area contributed by atoms with E-state index in [0.717, 1.165) is 0 Å². The van der Waals surface area contributed by atoms with Crippen LogP contribution in [0.15, 0.2) is 18.2 Å². The van der Waals surface area contributed by atoms with Crippen molar-refractivity contribution in [2.45, 2.75) is 6.18 Å². The van der Waals surface area contributed by atoms with Crippen molar-refractivity contribution in [3.63, 3.8) is 0 Å². The molecule has 0 bridgehead atoms. The smallest absolute Gasteiger partial charge is 0.207 e. The highest BCUT2D eigenvalue weighted by Crippen LogP contribution is 2.50. The maximum atomic E-state index is 15.4. The molecule has 0 heterocycles. The molecule has 44 heavy (non-hydrogen) atoms. The minimum absolute atomic E-state index is 0.00931. The van der Waals surface area contributed by atoms with Crippen molar-refractivity contribution in [3.05, 3.63) is 105 Å². The Kier molecular flexibility index (Phi) is 7.01. The van der Waals surface area contributed by atoms with Gasteiger partial charge in [0.05, 0.1) is 11.1 Å². The molecule has 0 radical (unpaired) electrons. The molecule has 0 N–H and O–H groups in total. The van der Waals surface area contributed by atoms with Gasteiger partial charge in [-0.05, 0) is 22.9 Å². The van der Waals surface area contributed by atoms with Crippen molar-refractivity contribution in [1.29, 1.82) is 0 Å². The van der Waals surface area contributed by atoms with Crippen molar-refractivity contribution in [2.75, 3.05) is 0 Å². The van der Waals surface area contributed by atoms with Crippen molar-refractivity contribution >= 4 is 21.5 Å². The summed E-state index contributed by atoms with van der Waals surface area (Å²) in [5, 5.41) is -7.01. The molecule has 0 aromatic heterocycles. The molecular formula is C27H3F17. The molecule has 0 saturated heterocycles. The first-order valence-corrected chi connectivity index (χ1v) is 11.2. The quantitative estimate of drug-likeness (QED) is 0.0773. The second-order valence-electron chi connectivity index (χ2n) is 8.89. The van der Waals surface area contributed by atoms with Crippen LogP contribution in [0.1, 0.15) is 5.56 Å². The zero-order valence-electron chi connectivity index (χ0n) is 20.2. The fourth-order valence-corrected chi connectivity index (χ4v) is 4.76. The van der Waals surface area contributed by atoms with E-state index in [0.29, 0.717) is 0 Å². The van der Waals surface area contributed by atoms with E-state index in [1.54, 1.807) is 0 Å². The first-order valence-electron chi connectivity index (χ1n) is 11.2. The molecule has 0 atom stereocenters. The van der Waals surface area contributed by atoms with E-state index in [4.69, 9.17) is 0 Å². The summed E-state index contributed by atoms with van der Waals surface area (Å²) in [6.07, 6.45) is -6.13. The Labute approximate surface area is 230 Å². The minimum Gasteiger partial charge on any atom is -0.207 e. The lowest BCUT2D eigenvalue weighted by atomic mass is 9.84. The van der Waals surface area contributed by atoms with Gasteiger partial charge in [0.25, 0.3) is 0 Å². The monoisotopic (exact) mass is 650 g/mol. The van der Waals surface area contributed by atoms with Gasteiger partial charge in [0.1, 0.15) is 11.4 Å². The van der Waals surface area contributed by atoms with Gasteiger partial charge in [-0.2, -0.15) is 13.2 Å². The van der Waals surface area contributed by atoms with Gasteiger partial charge >= 0.3 is 6.18 Å². The van der Waals surface area contributed by atoms with Crippen LogP contribution >= 0.6 is 0 Å². The second kappa shape index (κ2) is 9.99. The van der Waals surface area contributed by atoms with Crippen LogP contribution in [0, 0.1) is 81.4 Å². The zero-order valence-corrected chi connectivity index (χ0v) is 20.2. The van der Waals surface area contributed by atoms with E-state index >= 15 is 17.6 Å². The van der Waals surface area contributed by atoms with E-state index in [-0.39, 0.29) is 18.2 Å². The second-order valence-corrected chi connectivity index (χ2v) is 8.89. The van der Waals surface area contributed by atoms with Crippen LogP contribution < -0.4 is 0 Å². The normalized spacial score (nSPS) is 12.2. The minimum atomic E-state index is -6.13. The van der Waals surface area contributed by atoms with Crippen LogP contribution in [-0.2, 0) is 6.18 Å². The van der Waals surface area contributed by atoms with E-state index in [2.05, 4.69) is 0 Å². The standard InChI is InChI=1S/C27H3F17/c28-4-1-2-5-6(3-4)8(12-16(31)20(35)13(27(42,43)44)21(36)17(12)32)10-9(14(29)22(37)23(38)15(10)30)7(5)11-18(33)24(39)26(41)25(40)19(11)34/h1-3H. The largest absolute Gasteiger partial charge is 0.422 e. The average Bonchev–Trinajstić information content (AvgIpc) is 2.95. The first-order chi connectivity index (χ1) is 20.3. The van der Waals surface area contributed by atoms with Crippen molar-refractivity contribution in [1.82, 2.24) is 0 Å². The molecule has 5 rings (SSSR count). The van der Waals surface area contributed by atoms with Crippen molar-refractivity contribution in [3.8, 4) is 22.3 Å². The third kappa shape index (κ3) is 4.07. The molecule has 0 saturated carbocycles. The lowest BCUT2D eigenvalue weighted by molar-refractivity contribution is -0.143. The highest BCUT2D eigenvalue weighted by Gasteiger charge is 2.43. The summed E-state index contributed by atoms with van der Waals surface area (Å²) in [5.41, 5.74) is -11.5. The molecule has 230 valence electrons. The Bertz CT molecular complexity index is 2030. The molecular weight excluding hydrogens is 647 g/mol. The Morgan fingerprint density at radius 2 is 0.682 bits per heavy atom. The van der Waals surface area contributed by atoms with Crippen LogP contribution in [0.5, 0.6) is 0 Å². The lowest BCUT2D eigenvalue weighted by Crippen LogP contribution is -2.16. The molecule has 5 aromatic rings. The Balaban J connectivity index is 2.21. The molecule has 0 aliphatic heterocycles. The van der Waals surface area contributed by atoms with Gasteiger partial charge in [0, 0.05) is 21.9 Å². The summed E-state index contributed by atoms with van der Waals surface area (Å²) < 4.78 is 245. The van der Waals surface area contributed by atoms with Gasteiger partial charge in [-0.3, -0.25) is 0 Å². The third-order valence-corrected chi connectivity index (χ3v) is 6.54. The number of hydrogen-bond donors (Lipinski definition) is 0. The zero-order chi connectivity index (χ0) is 32.9. The maximum Gasteiger partial charge on any atom is 0.422 e. The van der Waals surface area contributed by atoms with Crippen LogP contribution in [0.25, 0.3) is 43.8 Å². The van der Waals surface area contributed by atoms with Gasteiger partial charge in [0.2, 0.25) is 5.82 Å². The molecule has 0 spiro atoms. The van der Waals surface area contributed by atoms with Gasteiger partial charge in [-0.15, -0.1) is 0 Å². The van der Waals surface area contributed by atoms with E-state index in [1.165, 1.54) is 0 Å². The SMILES string of the molecule is Fc1ccc2c(-c3c(F)c(F)c(F)c(F)c3F)c3c(F)c(F)c(F)c(F)c3c(-c3c(F)c(F)c(C(F)(F)F)c(F)c3F)c2c1. The van der Waals surface area contributed by atoms with Crippen LogP contribution in [0.3, 0.4) is 0 Å². The van der Waals surface area contributed by atoms with E-state index < -0.39 is 137 Å². The van der Waals surface area contributed by atoms with Crippen molar-refractivity contribution < 1.29 is 74.6 Å². The molecule has 0 amide bonds. The summed E-state index contributed by atoms with van der Waals surface area (Å²) in [6, 6.07) is 0.527. The number of alkyl halides is 3. The molecule has 0 nitrogen and oxygen atoms in total. The summed E-state index contributed by atoms with van der Waals surface area (Å²) in [4.78, 5) is 0. The third-order valence-electron chi connectivity index (χ3n) is 6.54. The Morgan fingerprint density at radius 3 is 1.09 bits per heavy atom. The fraction of sp³-hybridized carbons (Fsp3) is 0.0370. The van der Waals surface area contributed by atoms with Crippen molar-refractivity contribution in [2.24, 2.45) is 0 Å². The van der Waals surface area contributed by atoms with Gasteiger partial charge in [0.15, 0.2) is 69.8 Å². The predicted molar refractivity (Wildman–Crippen MR) is 117 cm³/mol. The van der Waals surface area contributed by atoms with Crippen LogP contribution in [0.4, 0.5) is 74.6 Å². The number of rotatable bonds is 2. The Morgan fingerprint density at radius 1 is 0.341 bits per heavy atom. The molecule has 5 aromatic carbocycles. The van der Waals surface area contributed by atoms with E-state index in [9.17, 15) is 57.1 Å². The number of benzene rings is 5. The highest BCUT2D eigenvalue weighted by atomic mass is 19.4. The molecule has 0 aliphatic carbocycles. The fourth-order valence-electron chi connectivity index (χ4n) is 4.76. The number of hydrogen-bond acceptors (Lipinski definition) is 0. The molecule has 17 heteroatoms. The summed E-state index contributed by atoms with van der Waals surface area (Å²) in [7, 11) is 0. The molecule has 0 fully saturated rings. The van der Waals surface area contributed by atoms with Gasteiger partial charge in [-0.25, -0.2) is 61.5 Å². The molecule has 0 aliphatic rings. The lowest BCUT2D eigenvalue weighted by Gasteiger charge is -2.21. The van der Waals surface area contributed by atoms with E-state index in [1.807, 2.05) is 0 Å². The first kappa shape index (κ1) is 30.9. The van der Waals surface area contributed by atoms with Crippen LogP contribution in [-0.4, -0.2) is 0 Å². The van der Waals surface area contributed by atoms with Gasteiger partial charge < -0.3 is 0 Å². The Hall–Kier alpha value is -4.57. The van der Waals surface area contributed by atoms with Crippen LogP contribution in [0.2, 0.25) is 0 Å². The maximum absolute atomic E-state index is 15.4. The summed E-state index contributed by atoms with van der Waals surface area (Å²) in [6.45, 7) is 0.